The Morgan fingerprint density at radius 1 is 1.28 bits per heavy atom. The third-order valence-corrected chi connectivity index (χ3v) is 6.14. The summed E-state index contributed by atoms with van der Waals surface area (Å²) in [5.41, 5.74) is 1.01. The first-order chi connectivity index (χ1) is 14.1. The van der Waals surface area contributed by atoms with Crippen molar-refractivity contribution in [3.63, 3.8) is 0 Å². The molecule has 1 N–H and O–H groups in total. The maximum atomic E-state index is 12.8. The van der Waals surface area contributed by atoms with Gasteiger partial charge in [0.1, 0.15) is 11.6 Å². The van der Waals surface area contributed by atoms with Crippen molar-refractivity contribution in [3.05, 3.63) is 64.2 Å². The van der Waals surface area contributed by atoms with Gasteiger partial charge in [-0.15, -0.1) is 23.1 Å². The Kier molecular flexibility index (Phi) is 10.8. The number of thiophene rings is 1. The Bertz CT molecular complexity index is 758. The van der Waals surface area contributed by atoms with E-state index >= 15 is 0 Å². The fraction of sp³-hybridized carbons (Fsp3) is 0.409. The average molecular weight is 437 g/mol. The monoisotopic (exact) mass is 436 g/mol. The molecule has 0 aliphatic heterocycles. The zero-order valence-corrected chi connectivity index (χ0v) is 18.7. The van der Waals surface area contributed by atoms with Gasteiger partial charge in [0.25, 0.3) is 0 Å². The minimum Gasteiger partial charge on any atom is -0.492 e. The maximum absolute atomic E-state index is 12.8. The van der Waals surface area contributed by atoms with Crippen LogP contribution in [0.15, 0.2) is 48.0 Å². The summed E-state index contributed by atoms with van der Waals surface area (Å²) in [4.78, 5) is 15.5. The number of hydrogen-bond acceptors (Lipinski definition) is 5. The van der Waals surface area contributed by atoms with E-state index in [1.807, 2.05) is 11.5 Å². The molecule has 0 bridgehead atoms. The summed E-state index contributed by atoms with van der Waals surface area (Å²) in [6, 6.07) is 8.44. The van der Waals surface area contributed by atoms with Crippen LogP contribution in [0.25, 0.3) is 0 Å². The number of nitrogens with one attached hydrogen (secondary N) is 1. The number of nitrogens with zero attached hydrogens (tertiary/aromatic N) is 1. The molecule has 4 nitrogen and oxygen atoms in total. The van der Waals surface area contributed by atoms with Crippen molar-refractivity contribution in [1.82, 2.24) is 10.2 Å². The van der Waals surface area contributed by atoms with Gasteiger partial charge in [0.2, 0.25) is 5.91 Å². The molecule has 1 aromatic heterocycles. The van der Waals surface area contributed by atoms with Gasteiger partial charge in [-0.3, -0.25) is 9.69 Å². The zero-order valence-electron chi connectivity index (χ0n) is 17.0. The molecule has 0 aliphatic carbocycles. The third-order valence-electron chi connectivity index (χ3n) is 4.23. The summed E-state index contributed by atoms with van der Waals surface area (Å²) in [5.74, 6) is 1.66. The van der Waals surface area contributed by atoms with Gasteiger partial charge in [-0.2, -0.15) is 0 Å². The lowest BCUT2D eigenvalue weighted by Gasteiger charge is -2.16. The molecule has 29 heavy (non-hydrogen) atoms. The quantitative estimate of drug-likeness (QED) is 0.446. The van der Waals surface area contributed by atoms with Crippen LogP contribution < -0.4 is 10.1 Å². The average Bonchev–Trinajstić information content (AvgIpc) is 3.17. The second-order valence-electron chi connectivity index (χ2n) is 6.44. The molecule has 0 spiro atoms. The summed E-state index contributed by atoms with van der Waals surface area (Å²) in [6.07, 6.45) is 4.29. The molecule has 1 aromatic carbocycles. The van der Waals surface area contributed by atoms with Crippen LogP contribution in [0.5, 0.6) is 5.75 Å². The molecule has 0 saturated heterocycles. The van der Waals surface area contributed by atoms with Crippen molar-refractivity contribution in [1.29, 1.82) is 0 Å². The van der Waals surface area contributed by atoms with Crippen LogP contribution in [0.2, 0.25) is 0 Å². The van der Waals surface area contributed by atoms with Crippen LogP contribution in [0.3, 0.4) is 0 Å². The molecule has 2 rings (SSSR count). The number of thioether (sulfide) groups is 1. The molecule has 7 heteroatoms. The molecule has 1 heterocycles. The second kappa shape index (κ2) is 13.4. The normalized spacial score (nSPS) is 11.3. The zero-order chi connectivity index (χ0) is 20.9. The van der Waals surface area contributed by atoms with Crippen molar-refractivity contribution in [2.75, 3.05) is 25.4 Å². The molecule has 0 radical (unpaired) electrons. The van der Waals surface area contributed by atoms with Crippen LogP contribution >= 0.6 is 23.1 Å². The molecular formula is C22H29FN2O2S2. The SMILES string of the molecule is CCN(CC)Cc1cc(OCC/C=C\NC(=O)CSCc2ccc(F)cc2)cs1. The van der Waals surface area contributed by atoms with Crippen molar-refractivity contribution in [2.24, 2.45) is 0 Å². The van der Waals surface area contributed by atoms with Crippen LogP contribution in [-0.4, -0.2) is 36.3 Å². The Morgan fingerprint density at radius 3 is 2.76 bits per heavy atom. The fourth-order valence-corrected chi connectivity index (χ4v) is 4.19. The lowest BCUT2D eigenvalue weighted by Crippen LogP contribution is -2.21. The molecular weight excluding hydrogens is 407 g/mol. The number of amides is 1. The number of carbonyl (C=O) groups excluding carboxylic acids is 1. The topological polar surface area (TPSA) is 41.6 Å². The number of rotatable bonds is 13. The summed E-state index contributed by atoms with van der Waals surface area (Å²) < 4.78 is 18.6. The van der Waals surface area contributed by atoms with Crippen LogP contribution in [-0.2, 0) is 17.1 Å². The van der Waals surface area contributed by atoms with E-state index in [9.17, 15) is 9.18 Å². The molecule has 1 amide bonds. The third kappa shape index (κ3) is 9.47. The second-order valence-corrected chi connectivity index (χ2v) is 8.42. The van der Waals surface area contributed by atoms with E-state index < -0.39 is 0 Å². The number of hydrogen-bond donors (Lipinski definition) is 1. The van der Waals surface area contributed by atoms with Gasteiger partial charge < -0.3 is 10.1 Å². The van der Waals surface area contributed by atoms with Crippen LogP contribution in [0.1, 0.15) is 30.7 Å². The van der Waals surface area contributed by atoms with Gasteiger partial charge in [0, 0.05) is 29.0 Å². The largest absolute Gasteiger partial charge is 0.492 e. The standard InChI is InChI=1S/C22H29FN2O2S2/c1-3-25(4-2)14-21-13-20(16-29-21)27-12-6-5-11-24-22(26)17-28-15-18-7-9-19(23)10-8-18/h5,7-11,13,16H,3-4,6,12,14-15,17H2,1-2H3,(H,24,26)/b11-5-. The van der Waals surface area contributed by atoms with Gasteiger partial charge in [-0.25, -0.2) is 4.39 Å². The summed E-state index contributed by atoms with van der Waals surface area (Å²) >= 11 is 3.22. The van der Waals surface area contributed by atoms with Gasteiger partial charge in [0.05, 0.1) is 12.4 Å². The van der Waals surface area contributed by atoms with Gasteiger partial charge in [0.15, 0.2) is 0 Å². The Balaban J connectivity index is 1.55. The molecule has 2 aromatic rings. The van der Waals surface area contributed by atoms with Crippen LogP contribution in [0, 0.1) is 5.82 Å². The highest BCUT2D eigenvalue weighted by Gasteiger charge is 2.05. The van der Waals surface area contributed by atoms with E-state index in [0.29, 0.717) is 18.1 Å². The molecule has 158 valence electrons. The first-order valence-corrected chi connectivity index (χ1v) is 11.8. The summed E-state index contributed by atoms with van der Waals surface area (Å²) in [6.45, 7) is 7.98. The molecule has 0 saturated carbocycles. The van der Waals surface area contributed by atoms with Gasteiger partial charge in [-0.1, -0.05) is 32.1 Å². The lowest BCUT2D eigenvalue weighted by atomic mass is 10.2. The number of carbonyl (C=O) groups is 1. The number of benzene rings is 1. The van der Waals surface area contributed by atoms with Crippen molar-refractivity contribution in [3.8, 4) is 5.75 Å². The minimum absolute atomic E-state index is 0.0480. The van der Waals surface area contributed by atoms with Gasteiger partial charge in [-0.05, 0) is 43.1 Å². The predicted molar refractivity (Wildman–Crippen MR) is 121 cm³/mol. The van der Waals surface area contributed by atoms with Crippen molar-refractivity contribution < 1.29 is 13.9 Å². The molecule has 0 aliphatic rings. The highest BCUT2D eigenvalue weighted by molar-refractivity contribution is 7.99. The van der Waals surface area contributed by atoms with E-state index in [0.717, 1.165) is 37.4 Å². The summed E-state index contributed by atoms with van der Waals surface area (Å²) in [5, 5.41) is 4.80. The van der Waals surface area contributed by atoms with E-state index in [1.54, 1.807) is 29.7 Å². The number of ether oxygens (including phenoxy) is 1. The van der Waals surface area contributed by atoms with E-state index in [4.69, 9.17) is 4.74 Å². The lowest BCUT2D eigenvalue weighted by molar-refractivity contribution is -0.117. The molecule has 0 fully saturated rings. The maximum Gasteiger partial charge on any atom is 0.233 e. The van der Waals surface area contributed by atoms with E-state index in [-0.39, 0.29) is 11.7 Å². The van der Waals surface area contributed by atoms with E-state index in [1.165, 1.54) is 28.8 Å². The minimum atomic E-state index is -0.246. The van der Waals surface area contributed by atoms with Crippen molar-refractivity contribution in [2.45, 2.75) is 32.6 Å². The first-order valence-electron chi connectivity index (χ1n) is 9.79. The smallest absolute Gasteiger partial charge is 0.233 e. The highest BCUT2D eigenvalue weighted by atomic mass is 32.2. The Hall–Kier alpha value is -1.83. The molecule has 0 atom stereocenters. The van der Waals surface area contributed by atoms with Crippen LogP contribution in [0.4, 0.5) is 4.39 Å². The molecule has 0 unspecified atom stereocenters. The number of halogens is 1. The first kappa shape index (κ1) is 23.4. The Labute approximate surface area is 181 Å². The highest BCUT2D eigenvalue weighted by Crippen LogP contribution is 2.23. The Morgan fingerprint density at radius 2 is 2.03 bits per heavy atom. The van der Waals surface area contributed by atoms with E-state index in [2.05, 4.69) is 30.1 Å². The van der Waals surface area contributed by atoms with Crippen molar-refractivity contribution >= 4 is 29.0 Å². The van der Waals surface area contributed by atoms with Gasteiger partial charge >= 0.3 is 0 Å². The predicted octanol–water partition coefficient (Wildman–Crippen LogP) is 5.06. The summed E-state index contributed by atoms with van der Waals surface area (Å²) in [7, 11) is 0. The fourth-order valence-electron chi connectivity index (χ4n) is 2.55.